The molecule has 1 amide bonds. The number of imidazole rings is 1. The quantitative estimate of drug-likeness (QED) is 0.405. The molecule has 1 saturated carbocycles. The van der Waals surface area contributed by atoms with Crippen molar-refractivity contribution >= 4 is 17.4 Å². The smallest absolute Gasteiger partial charge is 0.291 e. The van der Waals surface area contributed by atoms with E-state index in [1.807, 2.05) is 29.0 Å². The summed E-state index contributed by atoms with van der Waals surface area (Å²) in [7, 11) is 1.60. The van der Waals surface area contributed by atoms with Crippen LogP contribution in [0.2, 0.25) is 0 Å². The summed E-state index contributed by atoms with van der Waals surface area (Å²) in [4.78, 5) is 25.4. The van der Waals surface area contributed by atoms with Gasteiger partial charge in [-0.25, -0.2) is 15.0 Å². The summed E-state index contributed by atoms with van der Waals surface area (Å²) in [5.74, 6) is -1.59. The highest BCUT2D eigenvalue weighted by molar-refractivity contribution is 5.97. The molecule has 0 bridgehead atoms. The lowest BCUT2D eigenvalue weighted by molar-refractivity contribution is -0.00832. The van der Waals surface area contributed by atoms with E-state index in [1.165, 1.54) is 25.0 Å². The summed E-state index contributed by atoms with van der Waals surface area (Å²) in [6.45, 7) is -0.723. The van der Waals surface area contributed by atoms with Crippen molar-refractivity contribution in [2.24, 2.45) is 0 Å². The second-order valence-corrected chi connectivity index (χ2v) is 8.90. The Morgan fingerprint density at radius 3 is 2.81 bits per heavy atom. The monoisotopic (exact) mass is 488 g/mol. The standard InChI is InChI=1S/C26H22F2N6O2/c1-36-22-10-16(4-7-21(22)34-12-20(31-14-34)15-2-3-15)24-29-9-8-23(33-24)32-17-5-6-18-19(11-17)26(27,28)13-30-25(18)35/h4-12,14-15H,2-3,13H2,1H3,(H,30,35)(H,29,32,33). The van der Waals surface area contributed by atoms with Gasteiger partial charge in [0, 0.05) is 40.7 Å². The van der Waals surface area contributed by atoms with E-state index >= 15 is 0 Å². The lowest BCUT2D eigenvalue weighted by Crippen LogP contribution is -2.41. The van der Waals surface area contributed by atoms with Gasteiger partial charge in [0.1, 0.15) is 11.6 Å². The van der Waals surface area contributed by atoms with Gasteiger partial charge in [0.05, 0.1) is 31.4 Å². The number of halogens is 2. The number of nitrogens with one attached hydrogen (secondary N) is 2. The number of nitrogens with zero attached hydrogens (tertiary/aromatic N) is 4. The number of amides is 1. The number of methoxy groups -OCH3 is 1. The SMILES string of the molecule is COc1cc(-c2nccc(Nc3ccc4c(c3)C(F)(F)CNC4=O)n2)ccc1-n1cnc(C2CC2)c1. The van der Waals surface area contributed by atoms with E-state index in [0.29, 0.717) is 29.0 Å². The van der Waals surface area contributed by atoms with Crippen LogP contribution in [-0.2, 0) is 5.92 Å². The van der Waals surface area contributed by atoms with Gasteiger partial charge < -0.3 is 19.9 Å². The van der Waals surface area contributed by atoms with Crippen molar-refractivity contribution in [1.82, 2.24) is 24.8 Å². The first-order valence-electron chi connectivity index (χ1n) is 11.5. The number of rotatable bonds is 6. The number of hydrogen-bond acceptors (Lipinski definition) is 6. The minimum Gasteiger partial charge on any atom is -0.495 e. The van der Waals surface area contributed by atoms with E-state index in [0.717, 1.165) is 16.9 Å². The summed E-state index contributed by atoms with van der Waals surface area (Å²) < 4.78 is 36.3. The highest BCUT2D eigenvalue weighted by Crippen LogP contribution is 2.40. The van der Waals surface area contributed by atoms with E-state index < -0.39 is 18.4 Å². The molecule has 10 heteroatoms. The molecule has 2 aliphatic rings. The fourth-order valence-electron chi connectivity index (χ4n) is 4.31. The number of benzene rings is 2. The maximum atomic E-state index is 14.4. The van der Waals surface area contributed by atoms with Crippen molar-refractivity contribution in [2.45, 2.75) is 24.7 Å². The molecule has 2 aromatic carbocycles. The van der Waals surface area contributed by atoms with Crippen molar-refractivity contribution in [3.8, 4) is 22.8 Å². The van der Waals surface area contributed by atoms with Crippen LogP contribution in [0.5, 0.6) is 5.75 Å². The third-order valence-corrected chi connectivity index (χ3v) is 6.37. The average molecular weight is 488 g/mol. The van der Waals surface area contributed by atoms with Crippen LogP contribution >= 0.6 is 0 Å². The summed E-state index contributed by atoms with van der Waals surface area (Å²) in [5.41, 5.74) is 2.73. The number of carbonyl (C=O) groups is 1. The number of anilines is 2. The van der Waals surface area contributed by atoms with E-state index in [1.54, 1.807) is 31.8 Å². The van der Waals surface area contributed by atoms with Crippen molar-refractivity contribution in [3.63, 3.8) is 0 Å². The molecular formula is C26H22F2N6O2. The Labute approximate surface area is 205 Å². The molecule has 3 heterocycles. The zero-order valence-corrected chi connectivity index (χ0v) is 19.3. The highest BCUT2D eigenvalue weighted by atomic mass is 19.3. The molecule has 6 rings (SSSR count). The number of alkyl halides is 2. The van der Waals surface area contributed by atoms with Crippen LogP contribution in [0.25, 0.3) is 17.1 Å². The number of hydrogen-bond donors (Lipinski definition) is 2. The van der Waals surface area contributed by atoms with Crippen LogP contribution in [0.15, 0.2) is 61.2 Å². The Morgan fingerprint density at radius 1 is 1.14 bits per heavy atom. The van der Waals surface area contributed by atoms with E-state index in [9.17, 15) is 13.6 Å². The Bertz CT molecular complexity index is 1480. The fraction of sp³-hybridized carbons (Fsp3) is 0.231. The lowest BCUT2D eigenvalue weighted by Gasteiger charge is -2.26. The summed E-state index contributed by atoms with van der Waals surface area (Å²) in [6.07, 6.45) is 7.76. The van der Waals surface area contributed by atoms with Crippen molar-refractivity contribution < 1.29 is 18.3 Å². The molecule has 2 N–H and O–H groups in total. The van der Waals surface area contributed by atoms with Crippen LogP contribution in [0.3, 0.4) is 0 Å². The Morgan fingerprint density at radius 2 is 2.00 bits per heavy atom. The molecule has 0 saturated heterocycles. The minimum absolute atomic E-state index is 0.0329. The van der Waals surface area contributed by atoms with Gasteiger partial charge in [-0.15, -0.1) is 0 Å². The maximum absolute atomic E-state index is 14.4. The predicted octanol–water partition coefficient (Wildman–Crippen LogP) is 4.79. The van der Waals surface area contributed by atoms with Gasteiger partial charge in [0.25, 0.3) is 11.8 Å². The Hall–Kier alpha value is -4.34. The molecular weight excluding hydrogens is 466 g/mol. The topological polar surface area (TPSA) is 94.0 Å². The second kappa shape index (κ2) is 8.40. The van der Waals surface area contributed by atoms with Gasteiger partial charge in [0.2, 0.25) is 0 Å². The third-order valence-electron chi connectivity index (χ3n) is 6.37. The van der Waals surface area contributed by atoms with Crippen LogP contribution < -0.4 is 15.4 Å². The minimum atomic E-state index is -3.15. The first kappa shape index (κ1) is 22.1. The normalized spacial score (nSPS) is 16.2. The summed E-state index contributed by atoms with van der Waals surface area (Å²) in [5, 5.41) is 5.25. The molecule has 4 aromatic rings. The third kappa shape index (κ3) is 4.04. The molecule has 36 heavy (non-hydrogen) atoms. The number of aromatic nitrogens is 4. The zero-order chi connectivity index (χ0) is 24.9. The van der Waals surface area contributed by atoms with Gasteiger partial charge in [0.15, 0.2) is 5.82 Å². The van der Waals surface area contributed by atoms with Crippen LogP contribution in [0.4, 0.5) is 20.3 Å². The molecule has 182 valence electrons. The molecule has 0 atom stereocenters. The van der Waals surface area contributed by atoms with Gasteiger partial charge in [-0.2, -0.15) is 8.78 Å². The molecule has 1 aliphatic carbocycles. The van der Waals surface area contributed by atoms with E-state index in [2.05, 4.69) is 25.6 Å². The van der Waals surface area contributed by atoms with E-state index in [-0.39, 0.29) is 11.1 Å². The zero-order valence-electron chi connectivity index (χ0n) is 19.3. The van der Waals surface area contributed by atoms with Crippen LogP contribution in [-0.4, -0.2) is 39.1 Å². The summed E-state index contributed by atoms with van der Waals surface area (Å²) in [6, 6.07) is 11.6. The van der Waals surface area contributed by atoms with Crippen LogP contribution in [0, 0.1) is 0 Å². The first-order valence-corrected chi connectivity index (χ1v) is 11.5. The Kier molecular flexibility index (Phi) is 5.17. The molecule has 0 spiro atoms. The van der Waals surface area contributed by atoms with Gasteiger partial charge >= 0.3 is 0 Å². The maximum Gasteiger partial charge on any atom is 0.291 e. The van der Waals surface area contributed by atoms with Crippen molar-refractivity contribution in [1.29, 1.82) is 0 Å². The molecule has 8 nitrogen and oxygen atoms in total. The molecule has 0 unspecified atom stereocenters. The predicted molar refractivity (Wildman–Crippen MR) is 129 cm³/mol. The van der Waals surface area contributed by atoms with E-state index in [4.69, 9.17) is 4.74 Å². The van der Waals surface area contributed by atoms with Gasteiger partial charge in [-0.05, 0) is 55.3 Å². The van der Waals surface area contributed by atoms with Gasteiger partial charge in [-0.1, -0.05) is 0 Å². The number of carbonyl (C=O) groups excluding carboxylic acids is 1. The molecule has 2 aromatic heterocycles. The lowest BCUT2D eigenvalue weighted by atomic mass is 9.96. The number of fused-ring (bicyclic) bond motifs is 1. The first-order chi connectivity index (χ1) is 17.4. The molecule has 1 aliphatic heterocycles. The van der Waals surface area contributed by atoms with Gasteiger partial charge in [-0.3, -0.25) is 4.79 Å². The Balaban J connectivity index is 1.27. The highest BCUT2D eigenvalue weighted by Gasteiger charge is 2.40. The molecule has 1 fully saturated rings. The summed E-state index contributed by atoms with van der Waals surface area (Å²) >= 11 is 0. The van der Waals surface area contributed by atoms with Crippen molar-refractivity contribution in [3.05, 3.63) is 78.0 Å². The number of ether oxygens (including phenoxy) is 1. The molecule has 0 radical (unpaired) electrons. The second-order valence-electron chi connectivity index (χ2n) is 8.90. The average Bonchev–Trinajstić information content (AvgIpc) is 3.63. The largest absolute Gasteiger partial charge is 0.495 e. The van der Waals surface area contributed by atoms with Crippen LogP contribution in [0.1, 0.15) is 40.4 Å². The van der Waals surface area contributed by atoms with Crippen molar-refractivity contribution in [2.75, 3.05) is 19.0 Å². The fourth-order valence-corrected chi connectivity index (χ4v) is 4.31.